The third-order valence-corrected chi connectivity index (χ3v) is 1.92. The number of hydrogen-bond donors (Lipinski definition) is 0. The standard InChI is InChI=1S/C11H7N2/c1-8-5-10-9(6-12)3-2-4-11(10)13-7-8/h2-5H,1H3. The van der Waals surface area contributed by atoms with Crippen molar-refractivity contribution in [2.45, 2.75) is 6.92 Å². The Labute approximate surface area is 76.5 Å². The average Bonchev–Trinajstić information content (AvgIpc) is 2.17. The lowest BCUT2D eigenvalue weighted by Gasteiger charge is -1.98. The highest BCUT2D eigenvalue weighted by Gasteiger charge is 2.00. The SMILES string of the molecule is Cc1[c]nc2cccc(C#N)c2c1. The molecule has 0 spiro atoms. The predicted octanol–water partition coefficient (Wildman–Crippen LogP) is 2.22. The summed E-state index contributed by atoms with van der Waals surface area (Å²) in [5.41, 5.74) is 2.45. The van der Waals surface area contributed by atoms with Gasteiger partial charge in [0.25, 0.3) is 0 Å². The Balaban J connectivity index is 2.89. The molecule has 0 fully saturated rings. The second-order valence-corrected chi connectivity index (χ2v) is 2.90. The second kappa shape index (κ2) is 2.87. The number of rotatable bonds is 0. The average molecular weight is 167 g/mol. The zero-order chi connectivity index (χ0) is 9.26. The topological polar surface area (TPSA) is 36.7 Å². The van der Waals surface area contributed by atoms with Gasteiger partial charge in [-0.1, -0.05) is 6.07 Å². The number of hydrogen-bond acceptors (Lipinski definition) is 2. The number of aromatic nitrogens is 1. The van der Waals surface area contributed by atoms with Gasteiger partial charge in [-0.25, -0.2) is 4.98 Å². The van der Waals surface area contributed by atoms with Crippen LogP contribution in [-0.2, 0) is 0 Å². The summed E-state index contributed by atoms with van der Waals surface area (Å²) >= 11 is 0. The van der Waals surface area contributed by atoms with E-state index in [0.29, 0.717) is 5.56 Å². The van der Waals surface area contributed by atoms with Crippen molar-refractivity contribution >= 4 is 10.9 Å². The first-order valence-electron chi connectivity index (χ1n) is 3.99. The summed E-state index contributed by atoms with van der Waals surface area (Å²) in [6.07, 6.45) is 2.87. The third-order valence-electron chi connectivity index (χ3n) is 1.92. The molecule has 1 heterocycles. The van der Waals surface area contributed by atoms with Crippen molar-refractivity contribution < 1.29 is 0 Å². The molecule has 1 aromatic heterocycles. The monoisotopic (exact) mass is 167 g/mol. The smallest absolute Gasteiger partial charge is 0.0998 e. The van der Waals surface area contributed by atoms with Gasteiger partial charge >= 0.3 is 0 Å². The van der Waals surface area contributed by atoms with E-state index in [1.165, 1.54) is 0 Å². The first-order valence-corrected chi connectivity index (χ1v) is 3.99. The molecular weight excluding hydrogens is 160 g/mol. The van der Waals surface area contributed by atoms with Crippen LogP contribution < -0.4 is 0 Å². The molecule has 1 radical (unpaired) electrons. The van der Waals surface area contributed by atoms with Crippen LogP contribution in [0.5, 0.6) is 0 Å². The Morgan fingerprint density at radius 1 is 1.46 bits per heavy atom. The number of benzene rings is 1. The lowest BCUT2D eigenvalue weighted by molar-refractivity contribution is 1.31. The van der Waals surface area contributed by atoms with E-state index < -0.39 is 0 Å². The molecule has 2 rings (SSSR count). The van der Waals surface area contributed by atoms with Gasteiger partial charge in [0.2, 0.25) is 0 Å². The maximum absolute atomic E-state index is 8.84. The Morgan fingerprint density at radius 2 is 2.31 bits per heavy atom. The molecular formula is C11H7N2. The van der Waals surface area contributed by atoms with E-state index in [-0.39, 0.29) is 0 Å². The van der Waals surface area contributed by atoms with Gasteiger partial charge in [-0.15, -0.1) is 0 Å². The lowest BCUT2D eigenvalue weighted by atomic mass is 10.1. The zero-order valence-electron chi connectivity index (χ0n) is 7.20. The number of aryl methyl sites for hydroxylation is 1. The molecule has 61 valence electrons. The van der Waals surface area contributed by atoms with Crippen LogP contribution in [0, 0.1) is 24.5 Å². The fourth-order valence-corrected chi connectivity index (χ4v) is 1.30. The van der Waals surface area contributed by atoms with Gasteiger partial charge in [-0.2, -0.15) is 5.26 Å². The minimum absolute atomic E-state index is 0.669. The largest absolute Gasteiger partial charge is 0.246 e. The maximum atomic E-state index is 8.84. The van der Waals surface area contributed by atoms with Crippen LogP contribution in [0.4, 0.5) is 0 Å². The number of nitriles is 1. The predicted molar refractivity (Wildman–Crippen MR) is 50.0 cm³/mol. The van der Waals surface area contributed by atoms with Gasteiger partial charge in [0.05, 0.1) is 23.3 Å². The number of nitrogens with zero attached hydrogens (tertiary/aromatic N) is 2. The van der Waals surface area contributed by atoms with Crippen LogP contribution >= 0.6 is 0 Å². The van der Waals surface area contributed by atoms with Gasteiger partial charge in [0.15, 0.2) is 0 Å². The number of pyridine rings is 1. The Bertz CT molecular complexity index is 495. The summed E-state index contributed by atoms with van der Waals surface area (Å²) in [4.78, 5) is 4.11. The lowest BCUT2D eigenvalue weighted by Crippen LogP contribution is -1.84. The van der Waals surface area contributed by atoms with E-state index >= 15 is 0 Å². The van der Waals surface area contributed by atoms with Gasteiger partial charge in [-0.05, 0) is 30.7 Å². The summed E-state index contributed by atoms with van der Waals surface area (Å²) in [5, 5.41) is 9.74. The normalized spacial score (nSPS) is 9.85. The Kier molecular flexibility index (Phi) is 1.71. The van der Waals surface area contributed by atoms with Crippen molar-refractivity contribution in [2.24, 2.45) is 0 Å². The summed E-state index contributed by atoms with van der Waals surface area (Å²) in [5.74, 6) is 0. The van der Waals surface area contributed by atoms with Crippen LogP contribution in [0.1, 0.15) is 11.1 Å². The minimum Gasteiger partial charge on any atom is -0.246 e. The molecule has 1 aromatic carbocycles. The van der Waals surface area contributed by atoms with Gasteiger partial charge in [0, 0.05) is 5.39 Å². The molecule has 0 N–H and O–H groups in total. The van der Waals surface area contributed by atoms with Crippen molar-refractivity contribution in [3.8, 4) is 6.07 Å². The van der Waals surface area contributed by atoms with E-state index in [9.17, 15) is 0 Å². The molecule has 0 atom stereocenters. The molecule has 13 heavy (non-hydrogen) atoms. The molecule has 0 saturated heterocycles. The molecule has 2 heteroatoms. The van der Waals surface area contributed by atoms with E-state index in [4.69, 9.17) is 5.26 Å². The van der Waals surface area contributed by atoms with Crippen molar-refractivity contribution in [1.82, 2.24) is 4.98 Å². The third kappa shape index (κ3) is 1.25. The van der Waals surface area contributed by atoms with Gasteiger partial charge in [0.1, 0.15) is 0 Å². The van der Waals surface area contributed by atoms with Crippen LogP contribution in [0.2, 0.25) is 0 Å². The summed E-state index contributed by atoms with van der Waals surface area (Å²) < 4.78 is 0. The van der Waals surface area contributed by atoms with Crippen LogP contribution in [0.15, 0.2) is 24.3 Å². The highest BCUT2D eigenvalue weighted by molar-refractivity contribution is 5.84. The molecule has 0 amide bonds. The maximum Gasteiger partial charge on any atom is 0.0998 e. The zero-order valence-corrected chi connectivity index (χ0v) is 7.20. The first-order chi connectivity index (χ1) is 6.31. The first kappa shape index (κ1) is 7.75. The van der Waals surface area contributed by atoms with Crippen LogP contribution in [-0.4, -0.2) is 4.98 Å². The Morgan fingerprint density at radius 3 is 3.08 bits per heavy atom. The van der Waals surface area contributed by atoms with E-state index in [1.54, 1.807) is 6.07 Å². The van der Waals surface area contributed by atoms with Crippen molar-refractivity contribution in [1.29, 1.82) is 5.26 Å². The van der Waals surface area contributed by atoms with Crippen molar-refractivity contribution in [3.05, 3.63) is 41.6 Å². The highest BCUT2D eigenvalue weighted by Crippen LogP contribution is 2.16. The molecule has 0 aliphatic carbocycles. The molecule has 0 unspecified atom stereocenters. The molecule has 0 saturated carbocycles. The second-order valence-electron chi connectivity index (χ2n) is 2.90. The highest BCUT2D eigenvalue weighted by atomic mass is 14.6. The molecule has 0 aliphatic heterocycles. The molecule has 2 nitrogen and oxygen atoms in total. The quantitative estimate of drug-likeness (QED) is 0.603. The molecule has 2 aromatic rings. The molecule has 0 bridgehead atoms. The van der Waals surface area contributed by atoms with E-state index in [1.807, 2.05) is 25.1 Å². The fourth-order valence-electron chi connectivity index (χ4n) is 1.30. The fraction of sp³-hybridized carbons (Fsp3) is 0.0909. The van der Waals surface area contributed by atoms with Gasteiger partial charge < -0.3 is 0 Å². The molecule has 0 aliphatic rings. The number of fused-ring (bicyclic) bond motifs is 1. The van der Waals surface area contributed by atoms with Gasteiger partial charge in [-0.3, -0.25) is 0 Å². The van der Waals surface area contributed by atoms with Crippen LogP contribution in [0.3, 0.4) is 0 Å². The summed E-state index contributed by atoms with van der Waals surface area (Å²) in [7, 11) is 0. The Hall–Kier alpha value is -1.88. The minimum atomic E-state index is 0.669. The van der Waals surface area contributed by atoms with E-state index in [0.717, 1.165) is 16.5 Å². The van der Waals surface area contributed by atoms with Crippen molar-refractivity contribution in [3.63, 3.8) is 0 Å². The van der Waals surface area contributed by atoms with Crippen molar-refractivity contribution in [2.75, 3.05) is 0 Å². The van der Waals surface area contributed by atoms with Crippen LogP contribution in [0.25, 0.3) is 10.9 Å². The van der Waals surface area contributed by atoms with E-state index in [2.05, 4.69) is 17.3 Å². The summed E-state index contributed by atoms with van der Waals surface area (Å²) in [6.45, 7) is 1.92. The summed E-state index contributed by atoms with van der Waals surface area (Å²) in [6, 6.07) is 9.58.